The first-order valence-electron chi connectivity index (χ1n) is 6.16. The molecule has 0 saturated heterocycles. The maximum atomic E-state index is 12.7. The quantitative estimate of drug-likeness (QED) is 0.844. The van der Waals surface area contributed by atoms with Crippen molar-refractivity contribution in [3.05, 3.63) is 29.8 Å². The molecule has 1 heterocycles. The molecule has 0 aromatic carbocycles. The fourth-order valence-corrected chi connectivity index (χ4v) is 1.82. The Morgan fingerprint density at radius 3 is 2.35 bits per heavy atom. The van der Waals surface area contributed by atoms with Gasteiger partial charge in [0.1, 0.15) is 5.82 Å². The lowest BCUT2D eigenvalue weighted by Gasteiger charge is -2.28. The molecule has 4 nitrogen and oxygen atoms in total. The Hall–Kier alpha value is -0.910. The minimum Gasteiger partial charge on any atom is -0.350 e. The Morgan fingerprint density at radius 1 is 1.35 bits per heavy atom. The van der Waals surface area contributed by atoms with Gasteiger partial charge in [-0.1, -0.05) is 13.8 Å². The molecule has 1 aromatic heterocycles. The van der Waals surface area contributed by atoms with Crippen LogP contribution in [-0.2, 0) is 11.3 Å². The molecule has 7 heteroatoms. The molecule has 1 amide bonds. The number of pyridine rings is 1. The number of nitrogens with two attached hydrogens (primary N) is 1. The Bertz CT molecular complexity index is 389. The van der Waals surface area contributed by atoms with Gasteiger partial charge in [0.05, 0.1) is 23.9 Å². The summed E-state index contributed by atoms with van der Waals surface area (Å²) in [7, 11) is 0. The van der Waals surface area contributed by atoms with Gasteiger partial charge in [0.2, 0.25) is 5.91 Å². The molecule has 0 spiro atoms. The lowest BCUT2D eigenvalue weighted by molar-refractivity contribution is -0.131. The first-order chi connectivity index (χ1) is 8.57. The first kappa shape index (κ1) is 21.4. The van der Waals surface area contributed by atoms with Crippen LogP contribution in [0.4, 0.5) is 4.39 Å². The van der Waals surface area contributed by atoms with Crippen molar-refractivity contribution in [2.75, 3.05) is 6.54 Å². The number of nitrogens with one attached hydrogen (secondary N) is 1. The van der Waals surface area contributed by atoms with Crippen LogP contribution < -0.4 is 11.1 Å². The van der Waals surface area contributed by atoms with Crippen LogP contribution in [-0.4, -0.2) is 17.4 Å². The van der Waals surface area contributed by atoms with Gasteiger partial charge in [0.15, 0.2) is 0 Å². The standard InChI is InChI=1S/C13H20FN3O.2ClH/c1-3-13(4-2,9-15)12(18)17-8-11-6-5-10(14)7-16-11;;/h5-7H,3-4,8-9,15H2,1-2H3,(H,17,18);2*1H. The minimum atomic E-state index is -0.514. The molecule has 1 rings (SSSR count). The SMILES string of the molecule is CCC(CC)(CN)C(=O)NCc1ccc(F)cn1.Cl.Cl. The van der Waals surface area contributed by atoms with Crippen LogP contribution in [0.1, 0.15) is 32.4 Å². The summed E-state index contributed by atoms with van der Waals surface area (Å²) in [5.41, 5.74) is 5.81. The van der Waals surface area contributed by atoms with Crippen molar-refractivity contribution in [3.63, 3.8) is 0 Å². The van der Waals surface area contributed by atoms with Gasteiger partial charge in [-0.3, -0.25) is 9.78 Å². The number of rotatable bonds is 6. The number of nitrogens with zero attached hydrogens (tertiary/aromatic N) is 1. The average molecular weight is 326 g/mol. The van der Waals surface area contributed by atoms with E-state index < -0.39 is 5.41 Å². The summed E-state index contributed by atoms with van der Waals surface area (Å²) in [6, 6.07) is 2.88. The highest BCUT2D eigenvalue weighted by atomic mass is 35.5. The topological polar surface area (TPSA) is 68.0 Å². The third-order valence-electron chi connectivity index (χ3n) is 3.44. The summed E-state index contributed by atoms with van der Waals surface area (Å²) in [5, 5.41) is 2.81. The number of carbonyl (C=O) groups excluding carboxylic acids is 1. The fourth-order valence-electron chi connectivity index (χ4n) is 1.82. The van der Waals surface area contributed by atoms with Crippen LogP contribution >= 0.6 is 24.8 Å². The normalized spacial score (nSPS) is 10.2. The molecule has 0 unspecified atom stereocenters. The maximum absolute atomic E-state index is 12.7. The molecule has 0 fully saturated rings. The molecular weight excluding hydrogens is 304 g/mol. The fraction of sp³-hybridized carbons (Fsp3) is 0.538. The van der Waals surface area contributed by atoms with Crippen LogP contribution in [0.2, 0.25) is 0 Å². The summed E-state index contributed by atoms with van der Waals surface area (Å²) in [5.74, 6) is -0.454. The van der Waals surface area contributed by atoms with Gasteiger partial charge >= 0.3 is 0 Å². The largest absolute Gasteiger partial charge is 0.350 e. The molecule has 0 saturated carbocycles. The van der Waals surface area contributed by atoms with E-state index in [-0.39, 0.29) is 36.5 Å². The molecule has 20 heavy (non-hydrogen) atoms. The van der Waals surface area contributed by atoms with Crippen molar-refractivity contribution in [1.82, 2.24) is 10.3 Å². The predicted molar refractivity (Wildman–Crippen MR) is 82.6 cm³/mol. The zero-order valence-corrected chi connectivity index (χ0v) is 13.3. The van der Waals surface area contributed by atoms with E-state index in [2.05, 4.69) is 10.3 Å². The highest BCUT2D eigenvalue weighted by molar-refractivity contribution is 5.85. The summed E-state index contributed by atoms with van der Waals surface area (Å²) < 4.78 is 12.7. The number of hydrogen-bond donors (Lipinski definition) is 2. The molecule has 0 aliphatic rings. The number of aromatic nitrogens is 1. The number of halogens is 3. The van der Waals surface area contributed by atoms with Gasteiger partial charge in [-0.05, 0) is 25.0 Å². The molecule has 0 atom stereocenters. The highest BCUT2D eigenvalue weighted by Gasteiger charge is 2.32. The second-order valence-electron chi connectivity index (χ2n) is 4.34. The third-order valence-corrected chi connectivity index (χ3v) is 3.44. The molecule has 3 N–H and O–H groups in total. The Balaban J connectivity index is 0. The third kappa shape index (κ3) is 5.23. The lowest BCUT2D eigenvalue weighted by atomic mass is 9.81. The van der Waals surface area contributed by atoms with E-state index in [9.17, 15) is 9.18 Å². The van der Waals surface area contributed by atoms with Crippen molar-refractivity contribution in [2.24, 2.45) is 11.1 Å². The van der Waals surface area contributed by atoms with Crippen molar-refractivity contribution in [2.45, 2.75) is 33.2 Å². The second-order valence-corrected chi connectivity index (χ2v) is 4.34. The van der Waals surface area contributed by atoms with Crippen molar-refractivity contribution in [3.8, 4) is 0 Å². The molecule has 1 aromatic rings. The minimum absolute atomic E-state index is 0. The monoisotopic (exact) mass is 325 g/mol. The smallest absolute Gasteiger partial charge is 0.227 e. The van der Waals surface area contributed by atoms with E-state index in [1.165, 1.54) is 6.07 Å². The van der Waals surface area contributed by atoms with Gasteiger partial charge < -0.3 is 11.1 Å². The van der Waals surface area contributed by atoms with Gasteiger partial charge in [-0.25, -0.2) is 4.39 Å². The van der Waals surface area contributed by atoms with E-state index >= 15 is 0 Å². The van der Waals surface area contributed by atoms with Crippen LogP contribution in [0.25, 0.3) is 0 Å². The van der Waals surface area contributed by atoms with E-state index in [0.717, 1.165) is 6.20 Å². The van der Waals surface area contributed by atoms with E-state index in [1.54, 1.807) is 6.07 Å². The first-order valence-corrected chi connectivity index (χ1v) is 6.16. The summed E-state index contributed by atoms with van der Waals surface area (Å²) in [4.78, 5) is 16.0. The van der Waals surface area contributed by atoms with Crippen molar-refractivity contribution < 1.29 is 9.18 Å². The van der Waals surface area contributed by atoms with E-state index in [4.69, 9.17) is 5.73 Å². The van der Waals surface area contributed by atoms with Gasteiger partial charge in [-0.2, -0.15) is 0 Å². The number of carbonyl (C=O) groups is 1. The van der Waals surface area contributed by atoms with Crippen molar-refractivity contribution in [1.29, 1.82) is 0 Å². The Morgan fingerprint density at radius 2 is 1.95 bits per heavy atom. The van der Waals surface area contributed by atoms with Crippen molar-refractivity contribution >= 4 is 30.7 Å². The van der Waals surface area contributed by atoms with Crippen LogP contribution in [0, 0.1) is 11.2 Å². The second kappa shape index (κ2) is 9.91. The van der Waals surface area contributed by atoms with Gasteiger partial charge in [0, 0.05) is 6.54 Å². The average Bonchev–Trinajstić information content (AvgIpc) is 2.41. The lowest BCUT2D eigenvalue weighted by Crippen LogP contribution is -2.45. The highest BCUT2D eigenvalue weighted by Crippen LogP contribution is 2.24. The molecule has 0 radical (unpaired) electrons. The summed E-state index contributed by atoms with van der Waals surface area (Å²) in [6.45, 7) is 4.52. The Labute approximate surface area is 131 Å². The van der Waals surface area contributed by atoms with Gasteiger partial charge in [-0.15, -0.1) is 24.8 Å². The molecule has 116 valence electrons. The van der Waals surface area contributed by atoms with E-state index in [1.807, 2.05) is 13.8 Å². The zero-order valence-electron chi connectivity index (χ0n) is 11.7. The zero-order chi connectivity index (χ0) is 13.6. The number of amides is 1. The van der Waals surface area contributed by atoms with E-state index in [0.29, 0.717) is 31.6 Å². The van der Waals surface area contributed by atoms with Gasteiger partial charge in [0.25, 0.3) is 0 Å². The summed E-state index contributed by atoms with van der Waals surface area (Å²) in [6.07, 6.45) is 2.53. The summed E-state index contributed by atoms with van der Waals surface area (Å²) >= 11 is 0. The van der Waals surface area contributed by atoms with Crippen LogP contribution in [0.5, 0.6) is 0 Å². The molecule has 0 aliphatic heterocycles. The van der Waals surface area contributed by atoms with Crippen LogP contribution in [0.3, 0.4) is 0 Å². The molecule has 0 aliphatic carbocycles. The molecular formula is C13H22Cl2FN3O. The number of hydrogen-bond acceptors (Lipinski definition) is 3. The maximum Gasteiger partial charge on any atom is 0.227 e. The van der Waals surface area contributed by atoms with Crippen LogP contribution in [0.15, 0.2) is 18.3 Å². The Kier molecular flexibility index (Phi) is 10.6. The molecule has 0 bridgehead atoms. The predicted octanol–water partition coefficient (Wildman–Crippen LogP) is 2.45.